The lowest BCUT2D eigenvalue weighted by atomic mass is 10.1. The highest BCUT2D eigenvalue weighted by Gasteiger charge is 2.26. The lowest BCUT2D eigenvalue weighted by Crippen LogP contribution is -3.21. The van der Waals surface area contributed by atoms with Gasteiger partial charge in [0.15, 0.2) is 0 Å². The number of aromatic nitrogens is 2. The zero-order chi connectivity index (χ0) is 18.8. The van der Waals surface area contributed by atoms with Gasteiger partial charge in [-0.1, -0.05) is 0 Å². The Labute approximate surface area is 161 Å². The van der Waals surface area contributed by atoms with Crippen molar-refractivity contribution in [1.29, 1.82) is 0 Å². The number of quaternary nitrogens is 2. The Hall–Kier alpha value is -2.05. The third-order valence-electron chi connectivity index (χ3n) is 6.22. The molecule has 0 saturated carbocycles. The van der Waals surface area contributed by atoms with E-state index in [1.54, 1.807) is 9.80 Å². The maximum atomic E-state index is 12.9. The summed E-state index contributed by atoms with van der Waals surface area (Å²) < 4.78 is 0. The van der Waals surface area contributed by atoms with E-state index >= 15 is 0 Å². The standard InChI is InChI=1S/C21H29N5O/c1-16-17(2)23-20-15-18(5-6-19(20)22-16)21(27)26-13-11-25(12-14-26)10-9-24-7-3-4-8-24/h5-6,15H,3-4,7-14H2,1-2H3/p+2. The fraction of sp³-hybridized carbons (Fsp3) is 0.571. The molecule has 3 heterocycles. The number of rotatable bonds is 4. The summed E-state index contributed by atoms with van der Waals surface area (Å²) in [6.45, 7) is 13.0. The van der Waals surface area contributed by atoms with Gasteiger partial charge in [-0.3, -0.25) is 4.79 Å². The highest BCUT2D eigenvalue weighted by Crippen LogP contribution is 2.16. The summed E-state index contributed by atoms with van der Waals surface area (Å²) in [5, 5.41) is 0. The molecular weight excluding hydrogens is 338 g/mol. The van der Waals surface area contributed by atoms with Crippen LogP contribution >= 0.6 is 0 Å². The van der Waals surface area contributed by atoms with Crippen LogP contribution in [0.4, 0.5) is 0 Å². The summed E-state index contributed by atoms with van der Waals surface area (Å²) in [6.07, 6.45) is 2.78. The first-order valence-corrected chi connectivity index (χ1v) is 10.3. The van der Waals surface area contributed by atoms with Gasteiger partial charge in [-0.15, -0.1) is 0 Å². The molecule has 0 spiro atoms. The first-order chi connectivity index (χ1) is 13.1. The van der Waals surface area contributed by atoms with E-state index in [9.17, 15) is 4.79 Å². The largest absolute Gasteiger partial charge is 0.330 e. The molecule has 2 aromatic rings. The Morgan fingerprint density at radius 3 is 2.19 bits per heavy atom. The van der Waals surface area contributed by atoms with Crippen LogP contribution in [0.2, 0.25) is 0 Å². The van der Waals surface area contributed by atoms with Crippen LogP contribution < -0.4 is 9.80 Å². The third-order valence-corrected chi connectivity index (χ3v) is 6.22. The number of carbonyl (C=O) groups is 1. The van der Waals surface area contributed by atoms with E-state index in [0.717, 1.165) is 54.2 Å². The van der Waals surface area contributed by atoms with Crippen molar-refractivity contribution in [2.45, 2.75) is 26.7 Å². The van der Waals surface area contributed by atoms with Crippen molar-refractivity contribution in [2.75, 3.05) is 52.4 Å². The number of aryl methyl sites for hydroxylation is 2. The molecule has 2 saturated heterocycles. The molecule has 0 unspecified atom stereocenters. The first kappa shape index (κ1) is 18.3. The summed E-state index contributed by atoms with van der Waals surface area (Å²) >= 11 is 0. The first-order valence-electron chi connectivity index (χ1n) is 10.3. The molecule has 4 rings (SSSR count). The van der Waals surface area contributed by atoms with E-state index in [2.05, 4.69) is 9.97 Å². The topological polar surface area (TPSA) is 55.0 Å². The highest BCUT2D eigenvalue weighted by molar-refractivity contribution is 5.97. The normalized spacial score (nSPS) is 19.1. The van der Waals surface area contributed by atoms with Gasteiger partial charge in [0.1, 0.15) is 13.1 Å². The molecule has 2 N–H and O–H groups in total. The van der Waals surface area contributed by atoms with Gasteiger partial charge in [0.05, 0.1) is 61.7 Å². The number of likely N-dealkylation sites (tertiary alicyclic amines) is 1. The van der Waals surface area contributed by atoms with Gasteiger partial charge in [0.2, 0.25) is 0 Å². The summed E-state index contributed by atoms with van der Waals surface area (Å²) in [7, 11) is 0. The molecule has 144 valence electrons. The SMILES string of the molecule is Cc1nc2ccc(C(=O)N3CC[NH+](CC[NH+]4CCCC4)CC3)cc2nc1C. The van der Waals surface area contributed by atoms with E-state index in [1.165, 1.54) is 39.0 Å². The minimum Gasteiger partial charge on any atom is -0.330 e. The quantitative estimate of drug-likeness (QED) is 0.747. The maximum absolute atomic E-state index is 12.9. The average Bonchev–Trinajstić information content (AvgIpc) is 3.20. The van der Waals surface area contributed by atoms with Crippen LogP contribution in [0.15, 0.2) is 18.2 Å². The molecular formula is C21H31N5O+2. The van der Waals surface area contributed by atoms with Crippen LogP contribution in [0, 0.1) is 13.8 Å². The van der Waals surface area contributed by atoms with Gasteiger partial charge in [0.25, 0.3) is 5.91 Å². The zero-order valence-electron chi connectivity index (χ0n) is 16.6. The van der Waals surface area contributed by atoms with Gasteiger partial charge in [0, 0.05) is 18.4 Å². The molecule has 6 nitrogen and oxygen atoms in total. The van der Waals surface area contributed by atoms with Crippen molar-refractivity contribution >= 4 is 16.9 Å². The Balaban J connectivity index is 1.36. The maximum Gasteiger partial charge on any atom is 0.254 e. The Bertz CT molecular complexity index is 823. The van der Waals surface area contributed by atoms with Gasteiger partial charge >= 0.3 is 0 Å². The lowest BCUT2D eigenvalue weighted by molar-refractivity contribution is -0.954. The zero-order valence-corrected chi connectivity index (χ0v) is 16.6. The van der Waals surface area contributed by atoms with Crippen LogP contribution in [-0.4, -0.2) is 73.1 Å². The van der Waals surface area contributed by atoms with Crippen LogP contribution in [-0.2, 0) is 0 Å². The number of hydrogen-bond acceptors (Lipinski definition) is 3. The van der Waals surface area contributed by atoms with Crippen LogP contribution in [0.25, 0.3) is 11.0 Å². The molecule has 0 bridgehead atoms. The van der Waals surface area contributed by atoms with Gasteiger partial charge < -0.3 is 14.7 Å². The van der Waals surface area contributed by atoms with E-state index in [0.29, 0.717) is 0 Å². The van der Waals surface area contributed by atoms with Crippen molar-refractivity contribution in [2.24, 2.45) is 0 Å². The van der Waals surface area contributed by atoms with Gasteiger partial charge in [-0.2, -0.15) is 0 Å². The molecule has 0 radical (unpaired) electrons. The second-order valence-electron chi connectivity index (χ2n) is 8.10. The molecule has 2 aliphatic rings. The highest BCUT2D eigenvalue weighted by atomic mass is 16.2. The summed E-state index contributed by atoms with van der Waals surface area (Å²) in [5.74, 6) is 0.126. The molecule has 0 aliphatic carbocycles. The van der Waals surface area contributed by atoms with E-state index in [4.69, 9.17) is 0 Å². The number of fused-ring (bicyclic) bond motifs is 1. The number of nitrogens with one attached hydrogen (secondary N) is 2. The fourth-order valence-electron chi connectivity index (χ4n) is 4.30. The molecule has 0 atom stereocenters. The number of nitrogens with zero attached hydrogens (tertiary/aromatic N) is 3. The average molecular weight is 370 g/mol. The number of carbonyl (C=O) groups excluding carboxylic acids is 1. The summed E-state index contributed by atoms with van der Waals surface area (Å²) in [5.41, 5.74) is 4.25. The van der Waals surface area contributed by atoms with Crippen LogP contribution in [0.5, 0.6) is 0 Å². The third kappa shape index (κ3) is 4.12. The Morgan fingerprint density at radius 1 is 0.926 bits per heavy atom. The molecule has 6 heteroatoms. The second kappa shape index (κ2) is 7.90. The van der Waals surface area contributed by atoms with Gasteiger partial charge in [-0.05, 0) is 32.0 Å². The fourth-order valence-corrected chi connectivity index (χ4v) is 4.30. The van der Waals surface area contributed by atoms with Crippen molar-refractivity contribution in [3.63, 3.8) is 0 Å². The Morgan fingerprint density at radius 2 is 1.52 bits per heavy atom. The molecule has 1 aromatic carbocycles. The van der Waals surface area contributed by atoms with Crippen LogP contribution in [0.3, 0.4) is 0 Å². The van der Waals surface area contributed by atoms with E-state index in [-0.39, 0.29) is 5.91 Å². The van der Waals surface area contributed by atoms with Gasteiger partial charge in [-0.25, -0.2) is 9.97 Å². The van der Waals surface area contributed by atoms with E-state index in [1.807, 2.05) is 36.9 Å². The lowest BCUT2D eigenvalue weighted by Gasteiger charge is -2.32. The molecule has 2 fully saturated rings. The Kier molecular flexibility index (Phi) is 5.36. The number of benzene rings is 1. The summed E-state index contributed by atoms with van der Waals surface area (Å²) in [4.78, 5) is 27.5. The van der Waals surface area contributed by atoms with Crippen molar-refractivity contribution < 1.29 is 14.6 Å². The molecule has 27 heavy (non-hydrogen) atoms. The van der Waals surface area contributed by atoms with Crippen LogP contribution in [0.1, 0.15) is 34.6 Å². The molecule has 1 aromatic heterocycles. The number of piperazine rings is 1. The number of amides is 1. The predicted molar refractivity (Wildman–Crippen MR) is 105 cm³/mol. The monoisotopic (exact) mass is 369 g/mol. The van der Waals surface area contributed by atoms with E-state index < -0.39 is 0 Å². The van der Waals surface area contributed by atoms with Crippen molar-refractivity contribution in [1.82, 2.24) is 14.9 Å². The number of hydrogen-bond donors (Lipinski definition) is 2. The second-order valence-corrected chi connectivity index (χ2v) is 8.10. The minimum atomic E-state index is 0.126. The molecule has 1 amide bonds. The summed E-state index contributed by atoms with van der Waals surface area (Å²) in [6, 6.07) is 5.71. The smallest absolute Gasteiger partial charge is 0.254 e. The van der Waals surface area contributed by atoms with Crippen molar-refractivity contribution in [3.05, 3.63) is 35.2 Å². The predicted octanol–water partition coefficient (Wildman–Crippen LogP) is -0.734. The molecule has 2 aliphatic heterocycles. The minimum absolute atomic E-state index is 0.126. The van der Waals surface area contributed by atoms with Crippen molar-refractivity contribution in [3.8, 4) is 0 Å².